The Morgan fingerprint density at radius 2 is 2.00 bits per heavy atom. The van der Waals surface area contributed by atoms with Gasteiger partial charge in [0.25, 0.3) is 5.91 Å². The van der Waals surface area contributed by atoms with Gasteiger partial charge in [-0.3, -0.25) is 14.6 Å². The van der Waals surface area contributed by atoms with Gasteiger partial charge in [0.1, 0.15) is 5.75 Å². The summed E-state index contributed by atoms with van der Waals surface area (Å²) in [7, 11) is 0. The molecule has 2 heterocycles. The van der Waals surface area contributed by atoms with Crippen molar-refractivity contribution in [1.29, 1.82) is 0 Å². The summed E-state index contributed by atoms with van der Waals surface area (Å²) >= 11 is 0. The van der Waals surface area contributed by atoms with Gasteiger partial charge in [-0.2, -0.15) is 0 Å². The standard InChI is InChI=1S/C19H20N2O3/c22-18(14-24-17-9-4-10-20-12-17)21-11-5-8-16(13-21)19(23)15-6-2-1-3-7-15/h1-4,6-7,9-10,12,16H,5,8,11,13-14H2/t16-/m1/s1. The Kier molecular flexibility index (Phi) is 5.21. The van der Waals surface area contributed by atoms with Gasteiger partial charge in [-0.05, 0) is 25.0 Å². The molecular weight excluding hydrogens is 304 g/mol. The van der Waals surface area contributed by atoms with Gasteiger partial charge in [-0.15, -0.1) is 0 Å². The number of aromatic nitrogens is 1. The van der Waals surface area contributed by atoms with E-state index in [1.54, 1.807) is 29.4 Å². The SMILES string of the molecule is O=C(c1ccccc1)[C@@H]1CCCN(C(=O)COc2cccnc2)C1. The average molecular weight is 324 g/mol. The molecular formula is C19H20N2O3. The molecule has 1 aliphatic rings. The van der Waals surface area contributed by atoms with Crippen molar-refractivity contribution in [2.45, 2.75) is 12.8 Å². The van der Waals surface area contributed by atoms with Crippen LogP contribution >= 0.6 is 0 Å². The predicted octanol–water partition coefficient (Wildman–Crippen LogP) is 2.58. The number of carbonyl (C=O) groups is 2. The second-order valence-electron chi connectivity index (χ2n) is 5.89. The predicted molar refractivity (Wildman–Crippen MR) is 89.8 cm³/mol. The fourth-order valence-corrected chi connectivity index (χ4v) is 2.92. The molecule has 0 saturated carbocycles. The van der Waals surface area contributed by atoms with Crippen molar-refractivity contribution in [3.8, 4) is 5.75 Å². The quantitative estimate of drug-likeness (QED) is 0.793. The molecule has 1 fully saturated rings. The van der Waals surface area contributed by atoms with Crippen molar-refractivity contribution in [3.63, 3.8) is 0 Å². The van der Waals surface area contributed by atoms with E-state index >= 15 is 0 Å². The van der Waals surface area contributed by atoms with Gasteiger partial charge in [0.2, 0.25) is 0 Å². The Labute approximate surface area is 141 Å². The molecule has 5 nitrogen and oxygen atoms in total. The van der Waals surface area contributed by atoms with Gasteiger partial charge in [-0.1, -0.05) is 30.3 Å². The summed E-state index contributed by atoms with van der Waals surface area (Å²) < 4.78 is 5.46. The summed E-state index contributed by atoms with van der Waals surface area (Å²) in [6, 6.07) is 12.8. The van der Waals surface area contributed by atoms with E-state index in [1.807, 2.05) is 30.3 Å². The number of nitrogens with zero attached hydrogens (tertiary/aromatic N) is 2. The van der Waals surface area contributed by atoms with Crippen LogP contribution < -0.4 is 4.74 Å². The van der Waals surface area contributed by atoms with Crippen molar-refractivity contribution in [2.75, 3.05) is 19.7 Å². The molecule has 0 radical (unpaired) electrons. The number of piperidine rings is 1. The average Bonchev–Trinajstić information content (AvgIpc) is 2.67. The highest BCUT2D eigenvalue weighted by Gasteiger charge is 2.29. The molecule has 3 rings (SSSR count). The van der Waals surface area contributed by atoms with E-state index in [4.69, 9.17) is 4.74 Å². The number of carbonyl (C=O) groups excluding carboxylic acids is 2. The first-order chi connectivity index (χ1) is 11.7. The number of ether oxygens (including phenoxy) is 1. The Hall–Kier alpha value is -2.69. The molecule has 0 spiro atoms. The van der Waals surface area contributed by atoms with Crippen molar-refractivity contribution >= 4 is 11.7 Å². The summed E-state index contributed by atoms with van der Waals surface area (Å²) in [5, 5.41) is 0. The highest BCUT2D eigenvalue weighted by atomic mass is 16.5. The Morgan fingerprint density at radius 1 is 1.17 bits per heavy atom. The highest BCUT2D eigenvalue weighted by molar-refractivity contribution is 5.98. The molecule has 2 aromatic rings. The van der Waals surface area contributed by atoms with E-state index in [2.05, 4.69) is 4.98 Å². The topological polar surface area (TPSA) is 59.5 Å². The molecule has 0 unspecified atom stereocenters. The van der Waals surface area contributed by atoms with E-state index in [-0.39, 0.29) is 24.2 Å². The molecule has 1 atom stereocenters. The number of pyridine rings is 1. The lowest BCUT2D eigenvalue weighted by atomic mass is 9.90. The van der Waals surface area contributed by atoms with E-state index in [0.717, 1.165) is 12.8 Å². The van der Waals surface area contributed by atoms with Crippen LogP contribution in [0.2, 0.25) is 0 Å². The van der Waals surface area contributed by atoms with Crippen LogP contribution in [0.4, 0.5) is 0 Å². The number of Topliss-reactive ketones (excluding diaryl/α,β-unsaturated/α-hetero) is 1. The minimum absolute atomic E-state index is 0.0298. The van der Waals surface area contributed by atoms with E-state index < -0.39 is 0 Å². The van der Waals surface area contributed by atoms with Crippen LogP contribution in [0, 0.1) is 5.92 Å². The van der Waals surface area contributed by atoms with Crippen LogP contribution in [-0.4, -0.2) is 41.3 Å². The van der Waals surface area contributed by atoms with Gasteiger partial charge in [-0.25, -0.2) is 0 Å². The van der Waals surface area contributed by atoms with Crippen LogP contribution in [0.5, 0.6) is 5.75 Å². The molecule has 1 aromatic heterocycles. The fourth-order valence-electron chi connectivity index (χ4n) is 2.92. The second-order valence-corrected chi connectivity index (χ2v) is 5.89. The van der Waals surface area contributed by atoms with Crippen molar-refractivity contribution in [3.05, 3.63) is 60.4 Å². The van der Waals surface area contributed by atoms with Crippen LogP contribution in [0.15, 0.2) is 54.9 Å². The maximum Gasteiger partial charge on any atom is 0.260 e. The summed E-state index contributed by atoms with van der Waals surface area (Å²) in [5.41, 5.74) is 0.711. The largest absolute Gasteiger partial charge is 0.482 e. The number of amides is 1. The zero-order valence-electron chi connectivity index (χ0n) is 13.4. The third kappa shape index (κ3) is 3.98. The Balaban J connectivity index is 1.57. The van der Waals surface area contributed by atoms with Crippen LogP contribution in [0.3, 0.4) is 0 Å². The molecule has 1 aromatic carbocycles. The smallest absolute Gasteiger partial charge is 0.260 e. The van der Waals surface area contributed by atoms with E-state index in [0.29, 0.717) is 24.4 Å². The molecule has 0 aliphatic carbocycles. The lowest BCUT2D eigenvalue weighted by Gasteiger charge is -2.32. The summed E-state index contributed by atoms with van der Waals surface area (Å²) in [5.74, 6) is 0.453. The summed E-state index contributed by atoms with van der Waals surface area (Å²) in [6.45, 7) is 1.11. The monoisotopic (exact) mass is 324 g/mol. The number of rotatable bonds is 5. The van der Waals surface area contributed by atoms with Crippen molar-refractivity contribution in [1.82, 2.24) is 9.88 Å². The molecule has 0 N–H and O–H groups in total. The van der Waals surface area contributed by atoms with Crippen molar-refractivity contribution < 1.29 is 14.3 Å². The van der Waals surface area contributed by atoms with Gasteiger partial charge in [0.15, 0.2) is 12.4 Å². The highest BCUT2D eigenvalue weighted by Crippen LogP contribution is 2.21. The first kappa shape index (κ1) is 16.2. The molecule has 5 heteroatoms. The number of hydrogen-bond donors (Lipinski definition) is 0. The lowest BCUT2D eigenvalue weighted by molar-refractivity contribution is -0.134. The van der Waals surface area contributed by atoms with E-state index in [9.17, 15) is 9.59 Å². The third-order valence-electron chi connectivity index (χ3n) is 4.20. The zero-order chi connectivity index (χ0) is 16.8. The minimum Gasteiger partial charge on any atom is -0.482 e. The zero-order valence-corrected chi connectivity index (χ0v) is 13.4. The maximum absolute atomic E-state index is 12.6. The van der Waals surface area contributed by atoms with E-state index in [1.165, 1.54) is 0 Å². The molecule has 24 heavy (non-hydrogen) atoms. The first-order valence-corrected chi connectivity index (χ1v) is 8.14. The molecule has 124 valence electrons. The van der Waals surface area contributed by atoms with Crippen molar-refractivity contribution in [2.24, 2.45) is 5.92 Å². The Morgan fingerprint density at radius 3 is 2.75 bits per heavy atom. The minimum atomic E-state index is -0.136. The number of hydrogen-bond acceptors (Lipinski definition) is 4. The number of ketones is 1. The van der Waals surface area contributed by atoms with Crippen LogP contribution in [-0.2, 0) is 4.79 Å². The second kappa shape index (κ2) is 7.73. The third-order valence-corrected chi connectivity index (χ3v) is 4.20. The summed E-state index contributed by atoms with van der Waals surface area (Å²) in [6.07, 6.45) is 4.88. The molecule has 1 saturated heterocycles. The van der Waals surface area contributed by atoms with Gasteiger partial charge < -0.3 is 9.64 Å². The number of benzene rings is 1. The molecule has 0 bridgehead atoms. The fraction of sp³-hybridized carbons (Fsp3) is 0.316. The summed E-state index contributed by atoms with van der Waals surface area (Å²) in [4.78, 5) is 30.6. The normalized spacial score (nSPS) is 17.3. The van der Waals surface area contributed by atoms with Gasteiger partial charge >= 0.3 is 0 Å². The molecule has 1 aliphatic heterocycles. The van der Waals surface area contributed by atoms with Gasteiger partial charge in [0.05, 0.1) is 6.20 Å². The first-order valence-electron chi connectivity index (χ1n) is 8.14. The Bertz CT molecular complexity index is 688. The number of likely N-dealkylation sites (tertiary alicyclic amines) is 1. The maximum atomic E-state index is 12.6. The van der Waals surface area contributed by atoms with Crippen LogP contribution in [0.25, 0.3) is 0 Å². The molecule has 1 amide bonds. The lowest BCUT2D eigenvalue weighted by Crippen LogP contribution is -2.44. The van der Waals surface area contributed by atoms with Crippen LogP contribution in [0.1, 0.15) is 23.2 Å². The van der Waals surface area contributed by atoms with Gasteiger partial charge in [0, 0.05) is 30.8 Å².